The Bertz CT molecular complexity index is 446. The van der Waals surface area contributed by atoms with E-state index in [1.54, 1.807) is 0 Å². The summed E-state index contributed by atoms with van der Waals surface area (Å²) in [7, 11) is 0. The molecule has 1 aromatic carbocycles. The highest BCUT2D eigenvalue weighted by molar-refractivity contribution is 6.31. The van der Waals surface area contributed by atoms with Crippen LogP contribution < -0.4 is 5.32 Å². The van der Waals surface area contributed by atoms with Crippen molar-refractivity contribution in [1.29, 1.82) is 0 Å². The van der Waals surface area contributed by atoms with Gasteiger partial charge in [-0.2, -0.15) is 0 Å². The summed E-state index contributed by atoms with van der Waals surface area (Å²) in [5.41, 5.74) is 3.10. The summed E-state index contributed by atoms with van der Waals surface area (Å²) in [6.45, 7) is 11.6. The smallest absolute Gasteiger partial charge is 0.0455 e. The largest absolute Gasteiger partial charge is 0.382 e. The molecule has 1 aliphatic carbocycles. The van der Waals surface area contributed by atoms with E-state index in [0.29, 0.717) is 16.9 Å². The number of nitrogens with one attached hydrogen (secondary N) is 1. The van der Waals surface area contributed by atoms with Crippen molar-refractivity contribution >= 4 is 17.3 Å². The zero-order chi connectivity index (χ0) is 14.3. The van der Waals surface area contributed by atoms with Gasteiger partial charge in [0.2, 0.25) is 0 Å². The van der Waals surface area contributed by atoms with Crippen LogP contribution in [0.1, 0.15) is 52.5 Å². The Labute approximate surface area is 122 Å². The van der Waals surface area contributed by atoms with Crippen molar-refractivity contribution in [3.63, 3.8) is 0 Å². The minimum Gasteiger partial charge on any atom is -0.382 e. The number of anilines is 1. The predicted molar refractivity (Wildman–Crippen MR) is 85.0 cm³/mol. The van der Waals surface area contributed by atoms with Crippen molar-refractivity contribution in [1.82, 2.24) is 0 Å². The van der Waals surface area contributed by atoms with Crippen LogP contribution in [0.25, 0.3) is 0 Å². The predicted octanol–water partition coefficient (Wildman–Crippen LogP) is 5.67. The molecule has 1 N–H and O–H groups in total. The number of rotatable bonds is 2. The molecule has 0 aromatic heterocycles. The highest BCUT2D eigenvalue weighted by atomic mass is 35.5. The molecule has 0 aliphatic heterocycles. The van der Waals surface area contributed by atoms with Gasteiger partial charge in [-0.15, -0.1) is 0 Å². The molecule has 1 aliphatic rings. The summed E-state index contributed by atoms with van der Waals surface area (Å²) < 4.78 is 0. The first-order valence-electron chi connectivity index (χ1n) is 7.20. The van der Waals surface area contributed by atoms with Gasteiger partial charge in [0, 0.05) is 16.8 Å². The molecule has 1 nitrogen and oxygen atoms in total. The zero-order valence-electron chi connectivity index (χ0n) is 12.8. The van der Waals surface area contributed by atoms with Crippen molar-refractivity contribution in [2.75, 3.05) is 5.32 Å². The van der Waals surface area contributed by atoms with E-state index in [1.807, 2.05) is 13.0 Å². The molecule has 0 unspecified atom stereocenters. The normalized spacial score (nSPS) is 22.2. The molecular formula is C17H26ClN. The second kappa shape index (κ2) is 5.01. The summed E-state index contributed by atoms with van der Waals surface area (Å²) in [5, 5.41) is 4.52. The van der Waals surface area contributed by atoms with Gasteiger partial charge in [0.25, 0.3) is 0 Å². The number of hydrogen-bond acceptors (Lipinski definition) is 1. The lowest BCUT2D eigenvalue weighted by Crippen LogP contribution is -2.40. The summed E-state index contributed by atoms with van der Waals surface area (Å²) in [5.74, 6) is 0. The quantitative estimate of drug-likeness (QED) is 0.736. The lowest BCUT2D eigenvalue weighted by atomic mass is 9.63. The van der Waals surface area contributed by atoms with Gasteiger partial charge in [-0.1, -0.05) is 45.4 Å². The molecule has 1 aromatic rings. The Morgan fingerprint density at radius 3 is 2.21 bits per heavy atom. The second-order valence-electron chi connectivity index (χ2n) is 7.72. The SMILES string of the molecule is Cc1ccc(NC2CC(C)(C)CC(C)(C)C2)cc1Cl. The molecule has 0 bridgehead atoms. The van der Waals surface area contributed by atoms with Crippen LogP contribution >= 0.6 is 11.6 Å². The summed E-state index contributed by atoms with van der Waals surface area (Å²) in [6, 6.07) is 6.81. The highest BCUT2D eigenvalue weighted by Gasteiger charge is 2.38. The zero-order valence-corrected chi connectivity index (χ0v) is 13.6. The van der Waals surface area contributed by atoms with Gasteiger partial charge in [0.15, 0.2) is 0 Å². The number of halogens is 1. The molecule has 0 heterocycles. The average Bonchev–Trinajstić information content (AvgIpc) is 2.18. The monoisotopic (exact) mass is 279 g/mol. The van der Waals surface area contributed by atoms with E-state index in [4.69, 9.17) is 11.6 Å². The van der Waals surface area contributed by atoms with Gasteiger partial charge < -0.3 is 5.32 Å². The van der Waals surface area contributed by atoms with Crippen molar-refractivity contribution in [3.05, 3.63) is 28.8 Å². The highest BCUT2D eigenvalue weighted by Crippen LogP contribution is 2.46. The molecule has 0 saturated heterocycles. The Balaban J connectivity index is 2.11. The van der Waals surface area contributed by atoms with Crippen LogP contribution in [-0.2, 0) is 0 Å². The molecule has 0 amide bonds. The van der Waals surface area contributed by atoms with E-state index < -0.39 is 0 Å². The van der Waals surface area contributed by atoms with Crippen molar-refractivity contribution in [2.24, 2.45) is 10.8 Å². The summed E-state index contributed by atoms with van der Waals surface area (Å²) in [6.07, 6.45) is 3.75. The second-order valence-corrected chi connectivity index (χ2v) is 8.13. The number of benzene rings is 1. The van der Waals surface area contributed by atoms with E-state index in [1.165, 1.54) is 19.3 Å². The van der Waals surface area contributed by atoms with Crippen LogP contribution in [0.2, 0.25) is 5.02 Å². The Kier molecular flexibility index (Phi) is 3.88. The summed E-state index contributed by atoms with van der Waals surface area (Å²) in [4.78, 5) is 0. The minimum absolute atomic E-state index is 0.411. The van der Waals surface area contributed by atoms with E-state index in [-0.39, 0.29) is 0 Å². The van der Waals surface area contributed by atoms with E-state index in [0.717, 1.165) is 16.3 Å². The average molecular weight is 280 g/mol. The van der Waals surface area contributed by atoms with Crippen LogP contribution in [0.5, 0.6) is 0 Å². The van der Waals surface area contributed by atoms with Crippen LogP contribution in [0.3, 0.4) is 0 Å². The van der Waals surface area contributed by atoms with Gasteiger partial charge in [-0.25, -0.2) is 0 Å². The first-order valence-corrected chi connectivity index (χ1v) is 7.57. The van der Waals surface area contributed by atoms with Crippen LogP contribution in [-0.4, -0.2) is 6.04 Å². The Hall–Kier alpha value is -0.690. The van der Waals surface area contributed by atoms with Gasteiger partial charge in [0.05, 0.1) is 0 Å². The fourth-order valence-corrected chi connectivity index (χ4v) is 4.05. The molecular weight excluding hydrogens is 254 g/mol. The molecule has 0 atom stereocenters. The fraction of sp³-hybridized carbons (Fsp3) is 0.647. The van der Waals surface area contributed by atoms with Crippen LogP contribution in [0.15, 0.2) is 18.2 Å². The first-order chi connectivity index (χ1) is 8.67. The lowest BCUT2D eigenvalue weighted by Gasteiger charge is -2.45. The molecule has 1 fully saturated rings. The maximum absolute atomic E-state index is 6.20. The van der Waals surface area contributed by atoms with Crippen LogP contribution in [0.4, 0.5) is 5.69 Å². The molecule has 0 radical (unpaired) electrons. The molecule has 106 valence electrons. The van der Waals surface area contributed by atoms with E-state index in [9.17, 15) is 0 Å². The molecule has 1 saturated carbocycles. The van der Waals surface area contributed by atoms with Crippen molar-refractivity contribution in [2.45, 2.75) is 59.9 Å². The first kappa shape index (κ1) is 14.7. The van der Waals surface area contributed by atoms with Gasteiger partial charge in [-0.3, -0.25) is 0 Å². The third-order valence-corrected chi connectivity index (χ3v) is 4.50. The van der Waals surface area contributed by atoms with Crippen molar-refractivity contribution in [3.8, 4) is 0 Å². The fourth-order valence-electron chi connectivity index (χ4n) is 3.87. The van der Waals surface area contributed by atoms with E-state index in [2.05, 4.69) is 45.1 Å². The number of aryl methyl sites for hydroxylation is 1. The Morgan fingerprint density at radius 1 is 1.11 bits per heavy atom. The molecule has 2 heteroatoms. The topological polar surface area (TPSA) is 12.0 Å². The van der Waals surface area contributed by atoms with Gasteiger partial charge in [-0.05, 0) is 54.7 Å². The summed E-state index contributed by atoms with van der Waals surface area (Å²) >= 11 is 6.20. The molecule has 2 rings (SSSR count). The Morgan fingerprint density at radius 2 is 1.68 bits per heavy atom. The number of hydrogen-bond donors (Lipinski definition) is 1. The third-order valence-electron chi connectivity index (χ3n) is 4.10. The molecule has 0 spiro atoms. The molecule has 19 heavy (non-hydrogen) atoms. The van der Waals surface area contributed by atoms with E-state index >= 15 is 0 Å². The third kappa shape index (κ3) is 3.89. The lowest BCUT2D eigenvalue weighted by molar-refractivity contribution is 0.105. The maximum Gasteiger partial charge on any atom is 0.0455 e. The van der Waals surface area contributed by atoms with Crippen LogP contribution in [0, 0.1) is 17.8 Å². The van der Waals surface area contributed by atoms with Gasteiger partial charge >= 0.3 is 0 Å². The van der Waals surface area contributed by atoms with Crippen molar-refractivity contribution < 1.29 is 0 Å². The van der Waals surface area contributed by atoms with Gasteiger partial charge in [0.1, 0.15) is 0 Å². The minimum atomic E-state index is 0.411. The standard InChI is InChI=1S/C17H26ClN/c1-12-6-7-13(8-15(12)18)19-14-9-16(2,3)11-17(4,5)10-14/h6-8,14,19H,9-11H2,1-5H3. The maximum atomic E-state index is 6.20.